The molecule has 0 radical (unpaired) electrons. The molecule has 1 aliphatic heterocycles. The van der Waals surface area contributed by atoms with Gasteiger partial charge >= 0.3 is 0 Å². The van der Waals surface area contributed by atoms with Gasteiger partial charge in [-0.1, -0.05) is 18.2 Å². The van der Waals surface area contributed by atoms with Crippen LogP contribution in [0.3, 0.4) is 0 Å². The third-order valence-corrected chi connectivity index (χ3v) is 4.94. The van der Waals surface area contributed by atoms with Crippen LogP contribution in [-0.4, -0.2) is 96.7 Å². The Morgan fingerprint density at radius 2 is 1.56 bits per heavy atom. The van der Waals surface area contributed by atoms with Gasteiger partial charge in [-0.3, -0.25) is 19.3 Å². The van der Waals surface area contributed by atoms with Crippen LogP contribution >= 0.6 is 0 Å². The van der Waals surface area contributed by atoms with Crippen LogP contribution in [-0.2, 0) is 9.59 Å². The first kappa shape index (κ1) is 20.9. The van der Waals surface area contributed by atoms with E-state index in [-0.39, 0.29) is 24.3 Å². The highest BCUT2D eigenvalue weighted by Crippen LogP contribution is 2.07. The molecule has 27 heavy (non-hydrogen) atoms. The van der Waals surface area contributed by atoms with Gasteiger partial charge in [-0.25, -0.2) is 0 Å². The van der Waals surface area contributed by atoms with Gasteiger partial charge in [-0.2, -0.15) is 0 Å². The van der Waals surface area contributed by atoms with Crippen LogP contribution in [0.4, 0.5) is 0 Å². The molecule has 0 atom stereocenters. The third kappa shape index (κ3) is 5.79. The van der Waals surface area contributed by atoms with E-state index in [9.17, 15) is 14.4 Å². The average Bonchev–Trinajstić information content (AvgIpc) is 2.69. The molecule has 3 amide bonds. The largest absolute Gasteiger partial charge is 0.342 e. The molecule has 1 aliphatic rings. The predicted molar refractivity (Wildman–Crippen MR) is 104 cm³/mol. The minimum Gasteiger partial charge on any atom is -0.342 e. The van der Waals surface area contributed by atoms with E-state index >= 15 is 0 Å². The summed E-state index contributed by atoms with van der Waals surface area (Å²) in [6, 6.07) is 8.96. The summed E-state index contributed by atoms with van der Waals surface area (Å²) >= 11 is 0. The van der Waals surface area contributed by atoms with Gasteiger partial charge in [0, 0.05) is 51.9 Å². The minimum atomic E-state index is -0.160. The number of piperazine rings is 1. The summed E-state index contributed by atoms with van der Waals surface area (Å²) in [5, 5.41) is 0. The molecule has 0 aromatic heterocycles. The lowest BCUT2D eigenvalue weighted by Crippen LogP contribution is -2.53. The number of rotatable bonds is 7. The van der Waals surface area contributed by atoms with Crippen molar-refractivity contribution >= 4 is 17.7 Å². The van der Waals surface area contributed by atoms with E-state index in [1.807, 2.05) is 36.9 Å². The predicted octanol–water partition coefficient (Wildman–Crippen LogP) is 0.771. The summed E-state index contributed by atoms with van der Waals surface area (Å²) < 4.78 is 0. The smallest absolute Gasteiger partial charge is 0.254 e. The van der Waals surface area contributed by atoms with E-state index in [1.54, 1.807) is 24.1 Å². The molecule has 0 N–H and O–H groups in total. The Bertz CT molecular complexity index is 638. The highest BCUT2D eigenvalue weighted by molar-refractivity contribution is 5.96. The van der Waals surface area contributed by atoms with Crippen molar-refractivity contribution < 1.29 is 14.4 Å². The number of nitrogens with zero attached hydrogens (tertiary/aromatic N) is 4. The van der Waals surface area contributed by atoms with Crippen LogP contribution in [0.25, 0.3) is 0 Å². The third-order valence-electron chi connectivity index (χ3n) is 4.94. The average molecular weight is 374 g/mol. The monoisotopic (exact) mass is 374 g/mol. The highest BCUT2D eigenvalue weighted by Gasteiger charge is 2.25. The molecular weight excluding hydrogens is 344 g/mol. The molecule has 1 aromatic carbocycles. The number of carbonyl (C=O) groups excluding carboxylic acids is 3. The lowest BCUT2D eigenvalue weighted by Gasteiger charge is -2.35. The molecule has 0 spiro atoms. The zero-order valence-corrected chi connectivity index (χ0v) is 16.6. The van der Waals surface area contributed by atoms with E-state index in [1.165, 1.54) is 4.90 Å². The Balaban J connectivity index is 1.79. The van der Waals surface area contributed by atoms with Crippen LogP contribution in [0, 0.1) is 0 Å². The molecule has 2 rings (SSSR count). The second-order valence-corrected chi connectivity index (χ2v) is 6.75. The van der Waals surface area contributed by atoms with E-state index < -0.39 is 0 Å². The van der Waals surface area contributed by atoms with Gasteiger partial charge in [0.2, 0.25) is 11.8 Å². The number of amides is 3. The van der Waals surface area contributed by atoms with Crippen LogP contribution < -0.4 is 0 Å². The van der Waals surface area contributed by atoms with E-state index in [4.69, 9.17) is 0 Å². The fourth-order valence-corrected chi connectivity index (χ4v) is 3.20. The van der Waals surface area contributed by atoms with Gasteiger partial charge in [-0.05, 0) is 26.0 Å². The summed E-state index contributed by atoms with van der Waals surface area (Å²) in [4.78, 5) is 44.2. The number of likely N-dealkylation sites (N-methyl/N-ethyl adjacent to an activating group) is 2. The summed E-state index contributed by atoms with van der Waals surface area (Å²) in [6.07, 6.45) is 0. The summed E-state index contributed by atoms with van der Waals surface area (Å²) in [6.45, 7) is 8.36. The highest BCUT2D eigenvalue weighted by atomic mass is 16.2. The van der Waals surface area contributed by atoms with Crippen LogP contribution in [0.1, 0.15) is 24.2 Å². The maximum Gasteiger partial charge on any atom is 0.254 e. The maximum absolute atomic E-state index is 12.5. The van der Waals surface area contributed by atoms with Crippen LogP contribution in [0.5, 0.6) is 0 Å². The lowest BCUT2D eigenvalue weighted by molar-refractivity contribution is -0.135. The van der Waals surface area contributed by atoms with Gasteiger partial charge in [-0.15, -0.1) is 0 Å². The zero-order valence-electron chi connectivity index (χ0n) is 16.6. The Hall–Kier alpha value is -2.41. The Labute approximate surface area is 161 Å². The molecule has 0 bridgehead atoms. The zero-order chi connectivity index (χ0) is 19.8. The van der Waals surface area contributed by atoms with Crippen molar-refractivity contribution in [1.82, 2.24) is 19.6 Å². The molecule has 148 valence electrons. The van der Waals surface area contributed by atoms with E-state index in [0.717, 1.165) is 13.1 Å². The molecule has 7 heteroatoms. The Morgan fingerprint density at radius 1 is 0.963 bits per heavy atom. The lowest BCUT2D eigenvalue weighted by atomic mass is 10.2. The molecule has 7 nitrogen and oxygen atoms in total. The molecular formula is C20H30N4O3. The summed E-state index contributed by atoms with van der Waals surface area (Å²) in [7, 11) is 1.65. The second kappa shape index (κ2) is 10.1. The van der Waals surface area contributed by atoms with Gasteiger partial charge in [0.1, 0.15) is 0 Å². The first-order valence-electron chi connectivity index (χ1n) is 9.54. The SMILES string of the molecule is CCN(CC)C(=O)CN1CCN(C(=O)CN(C)C(=O)c2ccccc2)CC1. The molecule has 0 unspecified atom stereocenters. The summed E-state index contributed by atoms with van der Waals surface area (Å²) in [5.74, 6) is -0.0862. The first-order chi connectivity index (χ1) is 13.0. The topological polar surface area (TPSA) is 64.2 Å². The molecule has 1 aromatic rings. The van der Waals surface area contributed by atoms with Crippen molar-refractivity contribution in [2.75, 3.05) is 59.4 Å². The van der Waals surface area contributed by atoms with Crippen LogP contribution in [0.2, 0.25) is 0 Å². The van der Waals surface area contributed by atoms with E-state index in [0.29, 0.717) is 38.3 Å². The fourth-order valence-electron chi connectivity index (χ4n) is 3.20. The van der Waals surface area contributed by atoms with Gasteiger partial charge in [0.25, 0.3) is 5.91 Å². The molecule has 0 aliphatic carbocycles. The first-order valence-corrected chi connectivity index (χ1v) is 9.54. The van der Waals surface area contributed by atoms with Gasteiger partial charge in [0.05, 0.1) is 13.1 Å². The molecule has 1 saturated heterocycles. The number of hydrogen-bond acceptors (Lipinski definition) is 4. The van der Waals surface area contributed by atoms with Crippen molar-refractivity contribution in [3.05, 3.63) is 35.9 Å². The van der Waals surface area contributed by atoms with Crippen molar-refractivity contribution in [2.45, 2.75) is 13.8 Å². The van der Waals surface area contributed by atoms with Gasteiger partial charge in [0.15, 0.2) is 0 Å². The number of carbonyl (C=O) groups is 3. The Morgan fingerprint density at radius 3 is 2.11 bits per heavy atom. The second-order valence-electron chi connectivity index (χ2n) is 6.75. The molecule has 1 heterocycles. The maximum atomic E-state index is 12.5. The number of benzene rings is 1. The number of hydrogen-bond donors (Lipinski definition) is 0. The minimum absolute atomic E-state index is 0.0588. The quantitative estimate of drug-likeness (QED) is 0.707. The standard InChI is InChI=1S/C20H30N4O3/c1-4-23(5-2)19(26)16-22-11-13-24(14-12-22)18(25)15-21(3)20(27)17-9-7-6-8-10-17/h6-10H,4-5,11-16H2,1-3H3. The molecule has 1 fully saturated rings. The normalized spacial score (nSPS) is 14.7. The van der Waals surface area contributed by atoms with Gasteiger partial charge < -0.3 is 14.7 Å². The molecule has 0 saturated carbocycles. The fraction of sp³-hybridized carbons (Fsp3) is 0.550. The van der Waals surface area contributed by atoms with Crippen molar-refractivity contribution in [1.29, 1.82) is 0 Å². The van der Waals surface area contributed by atoms with Crippen LogP contribution in [0.15, 0.2) is 30.3 Å². The van der Waals surface area contributed by atoms with Crippen molar-refractivity contribution in [3.8, 4) is 0 Å². The van der Waals surface area contributed by atoms with Crippen molar-refractivity contribution in [3.63, 3.8) is 0 Å². The Kier molecular flexibility index (Phi) is 7.79. The van der Waals surface area contributed by atoms with E-state index in [2.05, 4.69) is 4.90 Å². The summed E-state index contributed by atoms with van der Waals surface area (Å²) in [5.41, 5.74) is 0.576. The van der Waals surface area contributed by atoms with Crippen molar-refractivity contribution in [2.24, 2.45) is 0 Å².